The first kappa shape index (κ1) is 14.5. The van der Waals surface area contributed by atoms with Crippen LogP contribution < -0.4 is 5.73 Å². The molecule has 112 valence electrons. The maximum Gasteiger partial charge on any atom is 0.0767 e. The summed E-state index contributed by atoms with van der Waals surface area (Å²) in [5, 5.41) is 4.59. The molecule has 3 unspecified atom stereocenters. The van der Waals surface area contributed by atoms with E-state index in [0.29, 0.717) is 12.0 Å². The molecule has 1 saturated heterocycles. The van der Waals surface area contributed by atoms with E-state index in [1.54, 1.807) is 0 Å². The summed E-state index contributed by atoms with van der Waals surface area (Å²) in [7, 11) is 2.05. The maximum absolute atomic E-state index is 6.31. The summed E-state index contributed by atoms with van der Waals surface area (Å²) in [6.45, 7) is 5.51. The van der Waals surface area contributed by atoms with Crippen LogP contribution in [-0.2, 0) is 20.0 Å². The molecule has 3 rings (SSSR count). The van der Waals surface area contributed by atoms with Gasteiger partial charge in [0.15, 0.2) is 0 Å². The molecule has 0 aromatic carbocycles. The Morgan fingerprint density at radius 3 is 2.80 bits per heavy atom. The van der Waals surface area contributed by atoms with Crippen molar-refractivity contribution in [1.29, 1.82) is 0 Å². The Kier molecular flexibility index (Phi) is 4.20. The van der Waals surface area contributed by atoms with Crippen LogP contribution in [0.15, 0.2) is 4.47 Å². The van der Waals surface area contributed by atoms with Crippen molar-refractivity contribution in [3.05, 3.63) is 15.9 Å². The van der Waals surface area contributed by atoms with Gasteiger partial charge < -0.3 is 5.73 Å². The summed E-state index contributed by atoms with van der Waals surface area (Å²) >= 11 is 3.72. The third-order valence-corrected chi connectivity index (χ3v) is 6.02. The number of rotatable bonds is 3. The summed E-state index contributed by atoms with van der Waals surface area (Å²) in [5.41, 5.74) is 8.77. The highest BCUT2D eigenvalue weighted by Crippen LogP contribution is 2.36. The molecule has 0 spiro atoms. The quantitative estimate of drug-likeness (QED) is 0.918. The van der Waals surface area contributed by atoms with Gasteiger partial charge in [-0.2, -0.15) is 5.10 Å². The number of halogens is 1. The Bertz CT molecular complexity index is 484. The number of aryl methyl sites for hydroxylation is 2. The lowest BCUT2D eigenvalue weighted by Gasteiger charge is -2.29. The predicted molar refractivity (Wildman–Crippen MR) is 84.4 cm³/mol. The average molecular weight is 341 g/mol. The minimum absolute atomic E-state index is 0.417. The van der Waals surface area contributed by atoms with E-state index in [0.717, 1.165) is 31.1 Å². The topological polar surface area (TPSA) is 47.1 Å². The summed E-state index contributed by atoms with van der Waals surface area (Å²) in [6.07, 6.45) is 4.86. The van der Waals surface area contributed by atoms with E-state index >= 15 is 0 Å². The van der Waals surface area contributed by atoms with Crippen LogP contribution >= 0.6 is 15.9 Å². The molecule has 1 aromatic rings. The second-order valence-corrected chi connectivity index (χ2v) is 7.19. The minimum atomic E-state index is 0.417. The Balaban J connectivity index is 1.72. The lowest BCUT2D eigenvalue weighted by atomic mass is 9.78. The molecule has 2 N–H and O–H groups in total. The van der Waals surface area contributed by atoms with Crippen molar-refractivity contribution in [2.24, 2.45) is 24.6 Å². The molecule has 20 heavy (non-hydrogen) atoms. The van der Waals surface area contributed by atoms with E-state index in [1.807, 2.05) is 11.7 Å². The van der Waals surface area contributed by atoms with Crippen molar-refractivity contribution >= 4 is 15.9 Å². The van der Waals surface area contributed by atoms with E-state index in [-0.39, 0.29) is 0 Å². The number of fused-ring (bicyclic) bond motifs is 1. The van der Waals surface area contributed by atoms with E-state index in [4.69, 9.17) is 5.73 Å². The second kappa shape index (κ2) is 5.78. The van der Waals surface area contributed by atoms with E-state index < -0.39 is 0 Å². The molecule has 2 fully saturated rings. The third-order valence-electron chi connectivity index (χ3n) is 5.11. The van der Waals surface area contributed by atoms with E-state index in [2.05, 4.69) is 32.9 Å². The third kappa shape index (κ3) is 2.55. The number of likely N-dealkylation sites (tertiary alicyclic amines) is 1. The van der Waals surface area contributed by atoms with E-state index in [1.165, 1.54) is 36.0 Å². The summed E-state index contributed by atoms with van der Waals surface area (Å²) in [6, 6.07) is 0.417. The monoisotopic (exact) mass is 340 g/mol. The van der Waals surface area contributed by atoms with E-state index in [9.17, 15) is 0 Å². The molecule has 0 radical (unpaired) electrons. The van der Waals surface area contributed by atoms with Crippen molar-refractivity contribution in [3.63, 3.8) is 0 Å². The van der Waals surface area contributed by atoms with Crippen LogP contribution in [0.3, 0.4) is 0 Å². The van der Waals surface area contributed by atoms with Gasteiger partial charge in [-0.15, -0.1) is 0 Å². The maximum atomic E-state index is 6.31. The van der Waals surface area contributed by atoms with Gasteiger partial charge in [-0.05, 0) is 47.0 Å². The standard InChI is InChI=1S/C15H25BrN4/c1-3-13-15(16)14(19(2)18-13)9-20-7-10-5-4-6-12(17)11(10)8-20/h10-12H,3-9,17H2,1-2H3. The molecule has 1 saturated carbocycles. The minimum Gasteiger partial charge on any atom is -0.327 e. The predicted octanol–water partition coefficient (Wildman–Crippen LogP) is 2.30. The molecule has 1 aliphatic heterocycles. The van der Waals surface area contributed by atoms with Gasteiger partial charge in [0, 0.05) is 32.7 Å². The van der Waals surface area contributed by atoms with Gasteiger partial charge in [-0.25, -0.2) is 0 Å². The molecule has 2 aliphatic rings. The smallest absolute Gasteiger partial charge is 0.0767 e. The SMILES string of the molecule is CCc1nn(C)c(CN2CC3CCCC(N)C3C2)c1Br. The Morgan fingerprint density at radius 2 is 2.15 bits per heavy atom. The van der Waals surface area contributed by atoms with Crippen molar-refractivity contribution in [2.75, 3.05) is 13.1 Å². The molecule has 2 heterocycles. The van der Waals surface area contributed by atoms with Crippen LogP contribution in [0.1, 0.15) is 37.6 Å². The summed E-state index contributed by atoms with van der Waals surface area (Å²) in [4.78, 5) is 2.57. The first-order valence-electron chi connectivity index (χ1n) is 7.78. The Hall–Kier alpha value is -0.390. The molecule has 3 atom stereocenters. The fourth-order valence-corrected chi connectivity index (χ4v) is 4.68. The summed E-state index contributed by atoms with van der Waals surface area (Å²) < 4.78 is 3.23. The largest absolute Gasteiger partial charge is 0.327 e. The van der Waals surface area contributed by atoms with Gasteiger partial charge in [-0.1, -0.05) is 13.3 Å². The van der Waals surface area contributed by atoms with Crippen molar-refractivity contribution in [1.82, 2.24) is 14.7 Å². The fraction of sp³-hybridized carbons (Fsp3) is 0.800. The highest BCUT2D eigenvalue weighted by Gasteiger charge is 2.38. The number of hydrogen-bond acceptors (Lipinski definition) is 3. The van der Waals surface area contributed by atoms with Crippen LogP contribution in [0.4, 0.5) is 0 Å². The first-order chi connectivity index (χ1) is 9.60. The van der Waals surface area contributed by atoms with Gasteiger partial charge in [0.25, 0.3) is 0 Å². The number of nitrogens with zero attached hydrogens (tertiary/aromatic N) is 3. The van der Waals surface area contributed by atoms with Gasteiger partial charge >= 0.3 is 0 Å². The van der Waals surface area contributed by atoms with Gasteiger partial charge in [0.1, 0.15) is 0 Å². The van der Waals surface area contributed by atoms with Crippen LogP contribution in [0, 0.1) is 11.8 Å². The zero-order valence-electron chi connectivity index (χ0n) is 12.5. The molecule has 4 nitrogen and oxygen atoms in total. The first-order valence-corrected chi connectivity index (χ1v) is 8.57. The summed E-state index contributed by atoms with van der Waals surface area (Å²) in [5.74, 6) is 1.53. The van der Waals surface area contributed by atoms with Crippen LogP contribution in [-0.4, -0.2) is 33.8 Å². The molecule has 1 aromatic heterocycles. The van der Waals surface area contributed by atoms with Gasteiger partial charge in [0.2, 0.25) is 0 Å². The molecular weight excluding hydrogens is 316 g/mol. The molecular formula is C15H25BrN4. The second-order valence-electron chi connectivity index (χ2n) is 6.40. The zero-order valence-corrected chi connectivity index (χ0v) is 14.1. The average Bonchev–Trinajstić information content (AvgIpc) is 2.95. The number of hydrogen-bond donors (Lipinski definition) is 1. The fourth-order valence-electron chi connectivity index (χ4n) is 3.94. The molecule has 0 bridgehead atoms. The normalized spacial score (nSPS) is 30.7. The molecule has 1 aliphatic carbocycles. The lowest BCUT2D eigenvalue weighted by Crippen LogP contribution is -2.38. The van der Waals surface area contributed by atoms with Crippen molar-refractivity contribution in [2.45, 2.75) is 45.2 Å². The molecule has 5 heteroatoms. The number of aromatic nitrogens is 2. The van der Waals surface area contributed by atoms with Crippen LogP contribution in [0.5, 0.6) is 0 Å². The zero-order chi connectivity index (χ0) is 14.3. The van der Waals surface area contributed by atoms with Gasteiger partial charge in [0.05, 0.1) is 15.9 Å². The molecule has 0 amide bonds. The Morgan fingerprint density at radius 1 is 1.35 bits per heavy atom. The lowest BCUT2D eigenvalue weighted by molar-refractivity contribution is 0.259. The van der Waals surface area contributed by atoms with Gasteiger partial charge in [-0.3, -0.25) is 9.58 Å². The Labute approximate surface area is 129 Å². The van der Waals surface area contributed by atoms with Crippen LogP contribution in [0.25, 0.3) is 0 Å². The van der Waals surface area contributed by atoms with Crippen molar-refractivity contribution in [3.8, 4) is 0 Å². The highest BCUT2D eigenvalue weighted by atomic mass is 79.9. The van der Waals surface area contributed by atoms with Crippen LogP contribution in [0.2, 0.25) is 0 Å². The number of nitrogens with two attached hydrogens (primary N) is 1. The highest BCUT2D eigenvalue weighted by molar-refractivity contribution is 9.10. The van der Waals surface area contributed by atoms with Crippen molar-refractivity contribution < 1.29 is 0 Å².